The molecule has 1 aromatic heterocycles. The number of hydrogen-bond donors (Lipinski definition) is 0. The molecule has 32 heavy (non-hydrogen) atoms. The van der Waals surface area contributed by atoms with Gasteiger partial charge in [0, 0.05) is 33.6 Å². The molecule has 0 bridgehead atoms. The molecule has 0 unspecified atom stereocenters. The molecular weight excluding hydrogens is 480 g/mol. The largest absolute Gasteiger partial charge is 0.467 e. The molecule has 0 saturated heterocycles. The summed E-state index contributed by atoms with van der Waals surface area (Å²) in [6.07, 6.45) is 2.01. The summed E-state index contributed by atoms with van der Waals surface area (Å²) < 4.78 is 6.12. The van der Waals surface area contributed by atoms with Crippen LogP contribution < -0.4 is 0 Å². The molecule has 4 nitrogen and oxygen atoms in total. The highest BCUT2D eigenvalue weighted by molar-refractivity contribution is 9.10. The normalized spacial score (nSPS) is 12.7. The zero-order chi connectivity index (χ0) is 22.6. The second-order valence-electron chi connectivity index (χ2n) is 7.33. The first-order valence-electron chi connectivity index (χ1n) is 10.1. The van der Waals surface area contributed by atoms with E-state index < -0.39 is 11.1 Å². The summed E-state index contributed by atoms with van der Waals surface area (Å²) >= 11 is 3.58. The van der Waals surface area contributed by atoms with Crippen molar-refractivity contribution in [3.05, 3.63) is 112 Å². The molecule has 0 aliphatic carbocycles. The van der Waals surface area contributed by atoms with E-state index in [0.29, 0.717) is 5.71 Å². The Morgan fingerprint density at radius 3 is 2.19 bits per heavy atom. The first-order chi connectivity index (χ1) is 15.5. The van der Waals surface area contributed by atoms with Crippen molar-refractivity contribution < 1.29 is 9.53 Å². The summed E-state index contributed by atoms with van der Waals surface area (Å²) in [5.41, 5.74) is 4.20. The summed E-state index contributed by atoms with van der Waals surface area (Å²) in [6.45, 7) is 0. The molecule has 0 spiro atoms. The second kappa shape index (κ2) is 9.59. The number of fused-ring (bicyclic) bond motifs is 1. The van der Waals surface area contributed by atoms with E-state index in [9.17, 15) is 4.79 Å². The minimum absolute atomic E-state index is 0.264. The van der Waals surface area contributed by atoms with Crippen LogP contribution in [0.5, 0.6) is 0 Å². The van der Waals surface area contributed by atoms with Crippen molar-refractivity contribution in [2.75, 3.05) is 7.11 Å². The van der Waals surface area contributed by atoms with E-state index in [1.165, 1.54) is 7.11 Å². The van der Waals surface area contributed by atoms with Crippen LogP contribution in [0.3, 0.4) is 0 Å². The number of nitrogens with zero attached hydrogens (tertiary/aromatic N) is 2. The van der Waals surface area contributed by atoms with Crippen molar-refractivity contribution in [3.8, 4) is 0 Å². The van der Waals surface area contributed by atoms with E-state index >= 15 is 0 Å². The van der Waals surface area contributed by atoms with Crippen molar-refractivity contribution in [1.82, 2.24) is 4.98 Å². The van der Waals surface area contributed by atoms with Gasteiger partial charge in [-0.25, -0.2) is 4.79 Å². The van der Waals surface area contributed by atoms with E-state index in [0.717, 1.165) is 32.1 Å². The van der Waals surface area contributed by atoms with Crippen LogP contribution >= 0.6 is 15.9 Å². The molecule has 0 aliphatic heterocycles. The van der Waals surface area contributed by atoms with Crippen LogP contribution in [0.2, 0.25) is 0 Å². The number of carbonyl (C=O) groups excluding carboxylic acids is 1. The third-order valence-corrected chi connectivity index (χ3v) is 6.35. The summed E-state index contributed by atoms with van der Waals surface area (Å²) in [6, 6.07) is 27.4. The van der Waals surface area contributed by atoms with E-state index in [4.69, 9.17) is 9.73 Å². The number of rotatable bonds is 6. The number of carbonyl (C=O) groups is 1. The van der Waals surface area contributed by atoms with Gasteiger partial charge in [-0.05, 0) is 17.7 Å². The van der Waals surface area contributed by atoms with Crippen LogP contribution in [0.4, 0.5) is 0 Å². The number of methoxy groups -OCH3 is 1. The zero-order valence-electron chi connectivity index (χ0n) is 17.5. The van der Waals surface area contributed by atoms with Crippen LogP contribution in [-0.4, -0.2) is 39.2 Å². The summed E-state index contributed by atoms with van der Waals surface area (Å²) in [5.74, 6) is -0.481. The molecule has 4 rings (SSSR count). The van der Waals surface area contributed by atoms with E-state index in [-0.39, 0.29) is 6.42 Å². The minimum Gasteiger partial charge on any atom is -0.467 e. The van der Waals surface area contributed by atoms with Crippen molar-refractivity contribution in [2.24, 2.45) is 4.99 Å². The topological polar surface area (TPSA) is 51.5 Å². The van der Waals surface area contributed by atoms with Gasteiger partial charge in [-0.3, -0.25) is 9.98 Å². The highest BCUT2D eigenvalue weighted by Crippen LogP contribution is 2.29. The Morgan fingerprint density at radius 2 is 1.59 bits per heavy atom. The van der Waals surface area contributed by atoms with Gasteiger partial charge in [-0.2, -0.15) is 0 Å². The molecular formula is C26H20BrN2O2Si. The average molecular weight is 500 g/mol. The van der Waals surface area contributed by atoms with E-state index in [2.05, 4.69) is 31.2 Å². The van der Waals surface area contributed by atoms with Crippen LogP contribution in [0.1, 0.15) is 16.7 Å². The fourth-order valence-electron chi connectivity index (χ4n) is 3.62. The Morgan fingerprint density at radius 1 is 0.969 bits per heavy atom. The monoisotopic (exact) mass is 499 g/mol. The summed E-state index contributed by atoms with van der Waals surface area (Å²) in [7, 11) is 5.08. The first kappa shape index (κ1) is 22.1. The Balaban J connectivity index is 1.88. The lowest BCUT2D eigenvalue weighted by Gasteiger charge is -2.25. The van der Waals surface area contributed by atoms with Gasteiger partial charge in [0.1, 0.15) is 5.16 Å². The van der Waals surface area contributed by atoms with Crippen LogP contribution in [0, 0.1) is 0 Å². The van der Waals surface area contributed by atoms with E-state index in [1.54, 1.807) is 6.20 Å². The molecule has 0 aliphatic rings. The van der Waals surface area contributed by atoms with Gasteiger partial charge in [-0.15, -0.1) is 0 Å². The maximum atomic E-state index is 13.0. The Labute approximate surface area is 198 Å². The number of aromatic nitrogens is 1. The molecule has 0 amide bonds. The van der Waals surface area contributed by atoms with Crippen LogP contribution in [-0.2, 0) is 16.0 Å². The van der Waals surface area contributed by atoms with Gasteiger partial charge >= 0.3 is 5.97 Å². The van der Waals surface area contributed by atoms with Crippen LogP contribution in [0.25, 0.3) is 10.9 Å². The zero-order valence-corrected chi connectivity index (χ0v) is 20.0. The number of ether oxygens (including phenoxy) is 1. The third-order valence-electron chi connectivity index (χ3n) is 5.17. The van der Waals surface area contributed by atoms with Crippen molar-refractivity contribution >= 4 is 48.8 Å². The highest BCUT2D eigenvalue weighted by atomic mass is 79.9. The maximum absolute atomic E-state index is 13.0. The van der Waals surface area contributed by atoms with Crippen molar-refractivity contribution in [2.45, 2.75) is 11.6 Å². The smallest absolute Gasteiger partial charge is 0.329 e. The van der Waals surface area contributed by atoms with Gasteiger partial charge in [0.25, 0.3) is 0 Å². The number of hydrogen-bond acceptors (Lipinski definition) is 4. The Kier molecular flexibility index (Phi) is 6.63. The van der Waals surface area contributed by atoms with Crippen LogP contribution in [0.15, 0.2) is 101 Å². The van der Waals surface area contributed by atoms with E-state index in [1.807, 2.05) is 84.9 Å². The molecule has 3 aromatic carbocycles. The molecule has 0 fully saturated rings. The Bertz CT molecular complexity index is 1240. The van der Waals surface area contributed by atoms with Crippen molar-refractivity contribution in [1.29, 1.82) is 0 Å². The maximum Gasteiger partial charge on any atom is 0.329 e. The number of halogens is 1. The number of pyridine rings is 1. The number of esters is 1. The Hall–Kier alpha value is -3.09. The number of aliphatic imine (C=N–C) groups is 1. The fraction of sp³-hybridized carbons (Fsp3) is 0.115. The summed E-state index contributed by atoms with van der Waals surface area (Å²) in [5, 5.41) is -0.368. The van der Waals surface area contributed by atoms with Gasteiger partial charge in [0.15, 0.2) is 0 Å². The van der Waals surface area contributed by atoms with Gasteiger partial charge in [-0.1, -0.05) is 88.7 Å². The highest BCUT2D eigenvalue weighted by Gasteiger charge is 2.36. The molecule has 6 heteroatoms. The van der Waals surface area contributed by atoms with Crippen molar-refractivity contribution in [3.63, 3.8) is 0 Å². The van der Waals surface area contributed by atoms with Gasteiger partial charge in [0.2, 0.25) is 0 Å². The quantitative estimate of drug-likeness (QED) is 0.210. The molecule has 1 heterocycles. The molecule has 4 aromatic rings. The standard InChI is InChI=1S/C26H20BrN2O2Si/c1-31-25(30)26(32,17-20-14-15-22(27)21-13-8-16-28-24(20)21)29-23(18-9-4-2-5-10-18)19-11-6-3-7-12-19/h2-16H,17H2,1H3/t26-/m0/s1. The summed E-state index contributed by atoms with van der Waals surface area (Å²) in [4.78, 5) is 22.5. The average Bonchev–Trinajstić information content (AvgIpc) is 2.85. The second-order valence-corrected chi connectivity index (χ2v) is 9.01. The molecule has 0 saturated carbocycles. The minimum atomic E-state index is -1.34. The first-order valence-corrected chi connectivity index (χ1v) is 11.4. The lowest BCUT2D eigenvalue weighted by Crippen LogP contribution is -2.42. The molecule has 0 N–H and O–H groups in total. The molecule has 1 atom stereocenters. The molecule has 157 valence electrons. The predicted octanol–water partition coefficient (Wildman–Crippen LogP) is 5.12. The predicted molar refractivity (Wildman–Crippen MR) is 132 cm³/mol. The third kappa shape index (κ3) is 4.56. The van der Waals surface area contributed by atoms with Gasteiger partial charge < -0.3 is 4.74 Å². The molecule has 3 radical (unpaired) electrons. The SMILES string of the molecule is COC(=O)[C@@]([Si])(Cc1ccc(Br)c2cccnc12)N=C(c1ccccc1)c1ccccc1. The fourth-order valence-corrected chi connectivity index (χ4v) is 4.48. The lowest BCUT2D eigenvalue weighted by atomic mass is 9.99. The lowest BCUT2D eigenvalue weighted by molar-refractivity contribution is -0.143. The van der Waals surface area contributed by atoms with Gasteiger partial charge in [0.05, 0.1) is 28.6 Å². The number of benzene rings is 3.